The van der Waals surface area contributed by atoms with E-state index in [9.17, 15) is 4.79 Å². The molecule has 2 nitrogen and oxygen atoms in total. The Morgan fingerprint density at radius 3 is 2.50 bits per heavy atom. The summed E-state index contributed by atoms with van der Waals surface area (Å²) in [5.41, 5.74) is 0.606. The Kier molecular flexibility index (Phi) is 4.80. The fourth-order valence-corrected chi connectivity index (χ4v) is 2.34. The van der Waals surface area contributed by atoms with Crippen LogP contribution in [0.2, 0.25) is 0 Å². The first-order valence-electron chi connectivity index (χ1n) is 2.97. The van der Waals surface area contributed by atoms with Crippen LogP contribution in [0, 0.1) is 0 Å². The fourth-order valence-electron chi connectivity index (χ4n) is 0.657. The third-order valence-corrected chi connectivity index (χ3v) is 3.39. The van der Waals surface area contributed by atoms with Gasteiger partial charge in [0.05, 0.1) is 0 Å². The Bertz CT molecular complexity index is 273. The summed E-state index contributed by atoms with van der Waals surface area (Å²) in [5.74, 6) is -0.232. The van der Waals surface area contributed by atoms with Gasteiger partial charge in [-0.15, -0.1) is 0 Å². The van der Waals surface area contributed by atoms with Crippen molar-refractivity contribution in [3.05, 3.63) is 34.3 Å². The molecule has 0 aliphatic heterocycles. The van der Waals surface area contributed by atoms with E-state index in [0.29, 0.717) is 5.56 Å². The van der Waals surface area contributed by atoms with E-state index in [-0.39, 0.29) is 5.97 Å². The fraction of sp³-hybridized carbons (Fsp3) is 0. The van der Waals surface area contributed by atoms with Crippen molar-refractivity contribution < 1.29 is 25.5 Å². The van der Waals surface area contributed by atoms with Gasteiger partial charge in [-0.1, -0.05) is 0 Å². The third-order valence-electron chi connectivity index (χ3n) is 1.18. The zero-order valence-corrected chi connectivity index (χ0v) is 11.7. The molecule has 12 heavy (non-hydrogen) atoms. The van der Waals surface area contributed by atoms with Gasteiger partial charge in [0.15, 0.2) is 0 Å². The quantitative estimate of drug-likeness (QED) is 0.588. The van der Waals surface area contributed by atoms with Crippen LogP contribution in [0.3, 0.4) is 0 Å². The van der Waals surface area contributed by atoms with Crippen LogP contribution in [-0.2, 0) is 3.07 Å². The van der Waals surface area contributed by atoms with E-state index in [1.54, 1.807) is 12.1 Å². The van der Waals surface area contributed by atoms with E-state index in [2.05, 4.69) is 34.5 Å². The van der Waals surface area contributed by atoms with Crippen molar-refractivity contribution in [2.75, 3.05) is 0 Å². The summed E-state index contributed by atoms with van der Waals surface area (Å²) < 4.78 is 5.87. The predicted molar refractivity (Wildman–Crippen MR) is 53.6 cm³/mol. The molecule has 0 amide bonds. The van der Waals surface area contributed by atoms with Crippen LogP contribution < -0.4 is 17.6 Å². The van der Waals surface area contributed by atoms with E-state index in [1.165, 1.54) is 0 Å². The van der Waals surface area contributed by atoms with Crippen molar-refractivity contribution in [1.29, 1.82) is 0 Å². The van der Waals surface area contributed by atoms with E-state index in [0.717, 1.165) is 4.47 Å². The number of carbonyl (C=O) groups excluding carboxylic acids is 1. The van der Waals surface area contributed by atoms with E-state index in [4.69, 9.17) is 3.07 Å². The molecule has 0 N–H and O–H groups in total. The van der Waals surface area contributed by atoms with Gasteiger partial charge in [0.2, 0.25) is 0 Å². The van der Waals surface area contributed by atoms with Crippen LogP contribution in [0.15, 0.2) is 28.7 Å². The van der Waals surface area contributed by atoms with Crippen molar-refractivity contribution in [2.24, 2.45) is 0 Å². The van der Waals surface area contributed by atoms with Crippen LogP contribution in [0.25, 0.3) is 0 Å². The van der Waals surface area contributed by atoms with Gasteiger partial charge in [0.1, 0.15) is 0 Å². The topological polar surface area (TPSA) is 26.3 Å². The monoisotopic (exact) mass is 453 g/mol. The van der Waals surface area contributed by atoms with E-state index < -0.39 is 17.6 Å². The Hall–Kier alpha value is 0.630. The van der Waals surface area contributed by atoms with Crippen molar-refractivity contribution in [1.82, 2.24) is 0 Å². The van der Waals surface area contributed by atoms with Gasteiger partial charge in [0.25, 0.3) is 0 Å². The van der Waals surface area contributed by atoms with Crippen LogP contribution in [0.1, 0.15) is 10.4 Å². The Balaban J connectivity index is 2.75. The zero-order chi connectivity index (χ0) is 8.97. The molecular formula is C7H4BrI2O2-. The first-order chi connectivity index (χ1) is 5.74. The molecule has 66 valence electrons. The molecule has 0 aliphatic rings. The SMILES string of the molecule is O=C(O[I-]I)c1ccc(Br)cc1. The average Bonchev–Trinajstić information content (AvgIpc) is 2.06. The molecule has 1 aromatic rings. The maximum absolute atomic E-state index is 11.1. The molecule has 5 heteroatoms. The van der Waals surface area contributed by atoms with Crippen molar-refractivity contribution in [2.45, 2.75) is 0 Å². The molecule has 0 aromatic heterocycles. The molecule has 0 spiro atoms. The molecule has 0 aliphatic carbocycles. The number of carbonyl (C=O) groups is 1. The Morgan fingerprint density at radius 1 is 1.42 bits per heavy atom. The molecule has 0 saturated carbocycles. The number of benzene rings is 1. The van der Waals surface area contributed by atoms with Crippen molar-refractivity contribution in [3.8, 4) is 0 Å². The van der Waals surface area contributed by atoms with Gasteiger partial charge in [0, 0.05) is 0 Å². The molecule has 0 bridgehead atoms. The number of halogens is 3. The molecule has 0 saturated heterocycles. The molecule has 1 aromatic carbocycles. The summed E-state index contributed by atoms with van der Waals surface area (Å²) in [7, 11) is 0. The standard InChI is InChI=1S/C7H4BrI2O2/c8-6-3-1-5(2-4-6)7(11)12-10-9/h1-4H/q-1. The third kappa shape index (κ3) is 3.17. The number of rotatable bonds is 2. The summed E-state index contributed by atoms with van der Waals surface area (Å²) in [6, 6.07) is 7.12. The molecule has 0 heterocycles. The Morgan fingerprint density at radius 2 is 2.00 bits per heavy atom. The maximum atomic E-state index is 11.1. The van der Waals surface area contributed by atoms with E-state index >= 15 is 0 Å². The van der Waals surface area contributed by atoms with Gasteiger partial charge >= 0.3 is 100 Å². The average molecular weight is 454 g/mol. The van der Waals surface area contributed by atoms with Gasteiger partial charge in [-0.3, -0.25) is 0 Å². The van der Waals surface area contributed by atoms with E-state index in [1.807, 2.05) is 12.1 Å². The summed E-state index contributed by atoms with van der Waals surface area (Å²) >= 11 is 4.92. The second-order valence-electron chi connectivity index (χ2n) is 1.93. The number of hydrogen-bond donors (Lipinski definition) is 0. The summed E-state index contributed by atoms with van der Waals surface area (Å²) in [6.45, 7) is 0. The molecular weight excluding hydrogens is 450 g/mol. The Labute approximate surface area is 99.2 Å². The molecule has 0 unspecified atom stereocenters. The minimum absolute atomic E-state index is 0.232. The second-order valence-corrected chi connectivity index (χ2v) is 5.85. The van der Waals surface area contributed by atoms with Gasteiger partial charge < -0.3 is 0 Å². The van der Waals surface area contributed by atoms with Gasteiger partial charge in [-0.05, 0) is 0 Å². The van der Waals surface area contributed by atoms with Crippen LogP contribution >= 0.6 is 34.5 Å². The number of hydrogen-bond acceptors (Lipinski definition) is 2. The molecule has 0 radical (unpaired) electrons. The predicted octanol–water partition coefficient (Wildman–Crippen LogP) is -0.0401. The normalized spacial score (nSPS) is 9.83. The first kappa shape index (κ1) is 10.7. The van der Waals surface area contributed by atoms with Gasteiger partial charge in [-0.25, -0.2) is 0 Å². The molecule has 1 rings (SSSR count). The minimum atomic E-state index is -0.458. The van der Waals surface area contributed by atoms with Crippen LogP contribution in [-0.4, -0.2) is 5.97 Å². The van der Waals surface area contributed by atoms with Gasteiger partial charge in [-0.2, -0.15) is 0 Å². The van der Waals surface area contributed by atoms with Crippen LogP contribution in [0.5, 0.6) is 0 Å². The first-order valence-corrected chi connectivity index (χ1v) is 10.9. The summed E-state index contributed by atoms with van der Waals surface area (Å²) in [4.78, 5) is 11.1. The molecule has 0 atom stereocenters. The van der Waals surface area contributed by atoms with Crippen molar-refractivity contribution in [3.63, 3.8) is 0 Å². The summed E-state index contributed by atoms with van der Waals surface area (Å²) in [6.07, 6.45) is 0. The second kappa shape index (κ2) is 5.38. The summed E-state index contributed by atoms with van der Waals surface area (Å²) in [5, 5.41) is 0. The van der Waals surface area contributed by atoms with Crippen molar-refractivity contribution >= 4 is 40.5 Å². The molecule has 0 fully saturated rings. The zero-order valence-electron chi connectivity index (χ0n) is 5.76. The van der Waals surface area contributed by atoms with Crippen LogP contribution in [0.4, 0.5) is 0 Å².